The van der Waals surface area contributed by atoms with E-state index in [4.69, 9.17) is 4.42 Å². The van der Waals surface area contributed by atoms with Crippen LogP contribution in [0.5, 0.6) is 0 Å². The molecule has 2 amide bonds. The molecule has 9 nitrogen and oxygen atoms in total. The molecule has 0 unspecified atom stereocenters. The lowest BCUT2D eigenvalue weighted by atomic mass is 10.1. The minimum absolute atomic E-state index is 0.0642. The molecule has 3 aromatic rings. The molecule has 174 valence electrons. The van der Waals surface area contributed by atoms with E-state index in [2.05, 4.69) is 20.5 Å². The number of aryl methyl sites for hydroxylation is 1. The lowest BCUT2D eigenvalue weighted by molar-refractivity contribution is -0.0461. The fourth-order valence-corrected chi connectivity index (χ4v) is 3.57. The van der Waals surface area contributed by atoms with Crippen LogP contribution in [0.3, 0.4) is 0 Å². The van der Waals surface area contributed by atoms with Gasteiger partial charge in [0.15, 0.2) is 5.76 Å². The molecule has 1 N–H and O–H groups in total. The van der Waals surface area contributed by atoms with Crippen molar-refractivity contribution < 1.29 is 18.0 Å². The number of alkyl halides is 2. The zero-order chi connectivity index (χ0) is 23.8. The highest BCUT2D eigenvalue weighted by Crippen LogP contribution is 2.31. The van der Waals surface area contributed by atoms with Crippen molar-refractivity contribution >= 4 is 12.0 Å². The number of furan rings is 1. The van der Waals surface area contributed by atoms with E-state index in [0.717, 1.165) is 0 Å². The Balaban J connectivity index is 1.68. The summed E-state index contributed by atoms with van der Waals surface area (Å²) in [5.74, 6) is -1.77. The number of nitrogens with zero attached hydrogens (tertiary/aromatic N) is 5. The first-order valence-electron chi connectivity index (χ1n) is 10.6. The number of anilines is 1. The van der Waals surface area contributed by atoms with Crippen LogP contribution in [-0.4, -0.2) is 49.7 Å². The van der Waals surface area contributed by atoms with Gasteiger partial charge in [0.2, 0.25) is 0 Å². The Kier molecular flexibility index (Phi) is 5.96. The van der Waals surface area contributed by atoms with E-state index >= 15 is 0 Å². The molecular formula is C22H24F2N6O3. The maximum Gasteiger partial charge on any atom is 0.324 e. The monoisotopic (exact) mass is 458 g/mol. The van der Waals surface area contributed by atoms with Crippen LogP contribution in [0.2, 0.25) is 0 Å². The molecule has 1 aliphatic rings. The van der Waals surface area contributed by atoms with Gasteiger partial charge in [-0.2, -0.15) is 0 Å². The molecule has 0 bridgehead atoms. The number of amides is 2. The van der Waals surface area contributed by atoms with E-state index < -0.39 is 12.0 Å². The summed E-state index contributed by atoms with van der Waals surface area (Å²) in [7, 11) is 0. The summed E-state index contributed by atoms with van der Waals surface area (Å²) in [5, 5.41) is 10.8. The molecule has 0 aromatic carbocycles. The minimum atomic E-state index is -2.76. The van der Waals surface area contributed by atoms with Crippen molar-refractivity contribution in [3.63, 3.8) is 0 Å². The fraction of sp³-hybridized carbons (Fsp3) is 0.409. The van der Waals surface area contributed by atoms with Gasteiger partial charge in [-0.05, 0) is 39.0 Å². The van der Waals surface area contributed by atoms with Gasteiger partial charge in [-0.15, -0.1) is 10.2 Å². The molecule has 0 atom stereocenters. The average molecular weight is 458 g/mol. The van der Waals surface area contributed by atoms with Gasteiger partial charge in [0.1, 0.15) is 17.1 Å². The molecule has 4 heterocycles. The van der Waals surface area contributed by atoms with Crippen molar-refractivity contribution in [1.82, 2.24) is 24.6 Å². The Morgan fingerprint density at radius 3 is 2.48 bits per heavy atom. The van der Waals surface area contributed by atoms with E-state index in [1.807, 2.05) is 13.8 Å². The van der Waals surface area contributed by atoms with Crippen LogP contribution in [0, 0.1) is 6.92 Å². The second-order valence-corrected chi connectivity index (χ2v) is 8.27. The molecule has 0 aliphatic carbocycles. The fourth-order valence-electron chi connectivity index (χ4n) is 3.57. The Morgan fingerprint density at radius 1 is 1.12 bits per heavy atom. The maximum atomic E-state index is 13.4. The van der Waals surface area contributed by atoms with Crippen molar-refractivity contribution in [2.75, 3.05) is 18.4 Å². The first kappa shape index (κ1) is 22.6. The highest BCUT2D eigenvalue weighted by atomic mass is 19.3. The van der Waals surface area contributed by atoms with E-state index in [1.54, 1.807) is 35.9 Å². The summed E-state index contributed by atoms with van der Waals surface area (Å²) in [6.07, 6.45) is 0.895. The van der Waals surface area contributed by atoms with Crippen molar-refractivity contribution in [1.29, 1.82) is 0 Å². The van der Waals surface area contributed by atoms with E-state index in [1.165, 1.54) is 11.0 Å². The van der Waals surface area contributed by atoms with Crippen LogP contribution in [0.4, 0.5) is 19.5 Å². The quantitative estimate of drug-likeness (QED) is 0.631. The van der Waals surface area contributed by atoms with Gasteiger partial charge in [-0.25, -0.2) is 18.6 Å². The third-order valence-electron chi connectivity index (χ3n) is 5.43. The first-order valence-corrected chi connectivity index (χ1v) is 10.6. The number of nitrogens with one attached hydrogen (secondary N) is 1. The Morgan fingerprint density at radius 2 is 1.85 bits per heavy atom. The zero-order valence-corrected chi connectivity index (χ0v) is 18.5. The highest BCUT2D eigenvalue weighted by Gasteiger charge is 2.35. The number of pyridine rings is 1. The third kappa shape index (κ3) is 4.91. The van der Waals surface area contributed by atoms with Crippen molar-refractivity contribution in [3.8, 4) is 22.7 Å². The Hall–Kier alpha value is -3.63. The molecule has 11 heteroatoms. The predicted octanol–water partition coefficient (Wildman–Crippen LogP) is 4.11. The molecule has 4 rings (SSSR count). The number of urea groups is 1. The smallest absolute Gasteiger partial charge is 0.324 e. The molecule has 1 fully saturated rings. The lowest BCUT2D eigenvalue weighted by Crippen LogP contribution is -2.44. The molecule has 33 heavy (non-hydrogen) atoms. The first-order chi connectivity index (χ1) is 15.6. The predicted molar refractivity (Wildman–Crippen MR) is 117 cm³/mol. The lowest BCUT2D eigenvalue weighted by Gasteiger charge is -2.31. The summed E-state index contributed by atoms with van der Waals surface area (Å²) in [6.45, 7) is 5.43. The number of halogens is 2. The summed E-state index contributed by atoms with van der Waals surface area (Å²) < 4.78 is 34.1. The topological polar surface area (TPSA) is 106 Å². The van der Waals surface area contributed by atoms with Gasteiger partial charge in [0.05, 0.1) is 0 Å². The molecule has 1 saturated heterocycles. The Labute approximate surface area is 188 Å². The number of hydrogen-bond acceptors (Lipinski definition) is 6. The molecule has 1 aliphatic heterocycles. The normalized spacial score (nSPS) is 15.6. The number of piperidine rings is 1. The van der Waals surface area contributed by atoms with E-state index in [9.17, 15) is 18.4 Å². The van der Waals surface area contributed by atoms with Crippen LogP contribution < -0.4 is 10.9 Å². The highest BCUT2D eigenvalue weighted by molar-refractivity contribution is 5.88. The van der Waals surface area contributed by atoms with E-state index in [-0.39, 0.29) is 43.5 Å². The van der Waals surface area contributed by atoms with Crippen LogP contribution in [0.25, 0.3) is 22.7 Å². The second kappa shape index (κ2) is 8.72. The van der Waals surface area contributed by atoms with Gasteiger partial charge in [-0.1, -0.05) is 0 Å². The standard InChI is InChI=1S/C22H24F2N6O3/c1-13(2)30-12-15(5-7-17(30)31)18-19(16-6-4-14(3)33-16)25-20(28-27-18)26-21(32)29-10-8-22(23,24)9-11-29/h4-7,12-13H,8-11H2,1-3H3,(H,25,26,28,32). The number of rotatable bonds is 4. The minimum Gasteiger partial charge on any atom is -0.460 e. The van der Waals surface area contributed by atoms with Crippen molar-refractivity contribution in [2.24, 2.45) is 0 Å². The van der Waals surface area contributed by atoms with Gasteiger partial charge in [-0.3, -0.25) is 10.1 Å². The molecular weight excluding hydrogens is 434 g/mol. The summed E-state index contributed by atoms with van der Waals surface area (Å²) in [6, 6.07) is 5.91. The van der Waals surface area contributed by atoms with Crippen LogP contribution in [-0.2, 0) is 0 Å². The van der Waals surface area contributed by atoms with Crippen molar-refractivity contribution in [3.05, 3.63) is 46.6 Å². The second-order valence-electron chi connectivity index (χ2n) is 8.27. The van der Waals surface area contributed by atoms with Crippen LogP contribution >= 0.6 is 0 Å². The van der Waals surface area contributed by atoms with Gasteiger partial charge in [0, 0.05) is 49.8 Å². The van der Waals surface area contributed by atoms with Gasteiger partial charge in [0.25, 0.3) is 17.4 Å². The zero-order valence-electron chi connectivity index (χ0n) is 18.5. The summed E-state index contributed by atoms with van der Waals surface area (Å²) in [4.78, 5) is 30.4. The van der Waals surface area contributed by atoms with Gasteiger partial charge < -0.3 is 13.9 Å². The third-order valence-corrected chi connectivity index (χ3v) is 5.43. The molecule has 0 spiro atoms. The maximum absolute atomic E-state index is 13.4. The largest absolute Gasteiger partial charge is 0.460 e. The number of aromatic nitrogens is 4. The molecule has 0 radical (unpaired) electrons. The number of likely N-dealkylation sites (tertiary alicyclic amines) is 1. The van der Waals surface area contributed by atoms with Crippen molar-refractivity contribution in [2.45, 2.75) is 45.6 Å². The summed E-state index contributed by atoms with van der Waals surface area (Å²) >= 11 is 0. The van der Waals surface area contributed by atoms with Gasteiger partial charge >= 0.3 is 6.03 Å². The number of carbonyl (C=O) groups excluding carboxylic acids is 1. The van der Waals surface area contributed by atoms with E-state index in [0.29, 0.717) is 28.5 Å². The van der Waals surface area contributed by atoms with Crippen LogP contribution in [0.15, 0.2) is 39.7 Å². The van der Waals surface area contributed by atoms with Crippen LogP contribution in [0.1, 0.15) is 38.5 Å². The SMILES string of the molecule is Cc1ccc(-c2nc(NC(=O)N3CCC(F)(F)CC3)nnc2-c2ccc(=O)n(C(C)C)c2)o1. The number of hydrogen-bond donors (Lipinski definition) is 1. The summed E-state index contributed by atoms with van der Waals surface area (Å²) in [5.41, 5.74) is 1.14. The number of carbonyl (C=O) groups is 1. The molecule has 3 aromatic heterocycles. The molecule has 0 saturated carbocycles. The average Bonchev–Trinajstić information content (AvgIpc) is 3.20. The Bertz CT molecular complexity index is 1230.